The summed E-state index contributed by atoms with van der Waals surface area (Å²) in [4.78, 5) is 9.62. The van der Waals surface area contributed by atoms with Gasteiger partial charge in [0, 0.05) is 29.0 Å². The lowest BCUT2D eigenvalue weighted by Gasteiger charge is -2.37. The molecule has 26 heavy (non-hydrogen) atoms. The molecule has 0 aromatic heterocycles. The van der Waals surface area contributed by atoms with Crippen molar-refractivity contribution in [3.05, 3.63) is 59.7 Å². The topological polar surface area (TPSA) is 65.2 Å². The van der Waals surface area contributed by atoms with Gasteiger partial charge in [-0.25, -0.2) is 0 Å². The van der Waals surface area contributed by atoms with Crippen molar-refractivity contribution in [1.29, 1.82) is 0 Å². The molecule has 0 amide bonds. The van der Waals surface area contributed by atoms with Crippen LogP contribution in [0.2, 0.25) is 0 Å². The third-order valence-electron chi connectivity index (χ3n) is 5.88. The summed E-state index contributed by atoms with van der Waals surface area (Å²) in [6.45, 7) is 6.53. The van der Waals surface area contributed by atoms with E-state index in [-0.39, 0.29) is 28.5 Å². The van der Waals surface area contributed by atoms with E-state index in [4.69, 9.17) is 9.98 Å². The number of hydrogen-bond donors (Lipinski definition) is 2. The maximum absolute atomic E-state index is 9.95. The van der Waals surface area contributed by atoms with Crippen LogP contribution in [0.15, 0.2) is 58.5 Å². The van der Waals surface area contributed by atoms with E-state index < -0.39 is 0 Å². The first-order valence-electron chi connectivity index (χ1n) is 8.98. The van der Waals surface area contributed by atoms with Crippen LogP contribution >= 0.6 is 0 Å². The number of rotatable bonds is 4. The fourth-order valence-electron chi connectivity index (χ4n) is 3.53. The van der Waals surface area contributed by atoms with E-state index in [1.165, 1.54) is 0 Å². The van der Waals surface area contributed by atoms with Crippen LogP contribution < -0.4 is 0 Å². The minimum Gasteiger partial charge on any atom is -0.507 e. The van der Waals surface area contributed by atoms with Gasteiger partial charge in [0.1, 0.15) is 11.5 Å². The number of hydrogen-bond acceptors (Lipinski definition) is 4. The largest absolute Gasteiger partial charge is 0.507 e. The van der Waals surface area contributed by atoms with Crippen molar-refractivity contribution in [2.24, 2.45) is 15.4 Å². The van der Waals surface area contributed by atoms with E-state index in [9.17, 15) is 10.2 Å². The van der Waals surface area contributed by atoms with E-state index in [0.29, 0.717) is 0 Å². The zero-order valence-electron chi connectivity index (χ0n) is 15.6. The average molecular weight is 350 g/mol. The first kappa shape index (κ1) is 18.2. The summed E-state index contributed by atoms with van der Waals surface area (Å²) in [6.07, 6.45) is 5.39. The van der Waals surface area contributed by atoms with Gasteiger partial charge >= 0.3 is 0 Å². The lowest BCUT2D eigenvalue weighted by molar-refractivity contribution is 0.211. The Kier molecular flexibility index (Phi) is 4.86. The Balaban J connectivity index is 1.81. The summed E-state index contributed by atoms with van der Waals surface area (Å²) in [6, 6.07) is 14.6. The Labute approximate surface area is 155 Å². The van der Waals surface area contributed by atoms with Crippen molar-refractivity contribution in [2.75, 3.05) is 0 Å². The predicted octanol–water partition coefficient (Wildman–Crippen LogP) is 4.58. The van der Waals surface area contributed by atoms with Crippen LogP contribution in [0.5, 0.6) is 11.5 Å². The molecule has 0 spiro atoms. The molecule has 1 saturated carbocycles. The van der Waals surface area contributed by atoms with Crippen molar-refractivity contribution in [1.82, 2.24) is 0 Å². The average Bonchev–Trinajstić information content (AvgIpc) is 2.84. The Morgan fingerprint density at radius 3 is 2.00 bits per heavy atom. The Morgan fingerprint density at radius 2 is 1.42 bits per heavy atom. The number of phenolic OH excluding ortho intramolecular Hbond substituents is 2. The maximum atomic E-state index is 9.95. The molecule has 2 atom stereocenters. The van der Waals surface area contributed by atoms with E-state index in [1.807, 2.05) is 24.3 Å². The molecule has 4 nitrogen and oxygen atoms in total. The summed E-state index contributed by atoms with van der Waals surface area (Å²) in [5, 5.41) is 19.9. The first-order chi connectivity index (χ1) is 12.3. The zero-order valence-corrected chi connectivity index (χ0v) is 15.6. The standard InChI is InChI=1S/C22H26N2O2/c1-21(2)20(23-14-16-8-4-6-10-18(16)25)12-13-22(21,3)24-15-17-9-5-7-11-19(17)26/h4-11,14-15,20,25-26H,12-13H2,1-3H3/t20-,22+/m1/s1. The normalized spacial score (nSPS) is 25.3. The lowest BCUT2D eigenvalue weighted by Crippen LogP contribution is -2.40. The van der Waals surface area contributed by atoms with E-state index in [2.05, 4.69) is 20.8 Å². The maximum Gasteiger partial charge on any atom is 0.124 e. The molecule has 0 heterocycles. The fourth-order valence-corrected chi connectivity index (χ4v) is 3.53. The second kappa shape index (κ2) is 6.94. The van der Waals surface area contributed by atoms with Crippen LogP contribution in [0.25, 0.3) is 0 Å². The molecular formula is C22H26N2O2. The molecule has 1 aliphatic rings. The Morgan fingerprint density at radius 1 is 0.885 bits per heavy atom. The van der Waals surface area contributed by atoms with Gasteiger partial charge in [0.05, 0.1) is 11.6 Å². The number of nitrogens with zero attached hydrogens (tertiary/aromatic N) is 2. The molecule has 0 unspecified atom stereocenters. The molecule has 1 aliphatic carbocycles. The second-order valence-corrected chi connectivity index (χ2v) is 7.70. The summed E-state index contributed by atoms with van der Waals surface area (Å²) >= 11 is 0. The highest BCUT2D eigenvalue weighted by molar-refractivity contribution is 5.84. The van der Waals surface area contributed by atoms with Crippen molar-refractivity contribution >= 4 is 12.4 Å². The van der Waals surface area contributed by atoms with Gasteiger partial charge in [0.25, 0.3) is 0 Å². The van der Waals surface area contributed by atoms with Gasteiger partial charge in [-0.2, -0.15) is 0 Å². The predicted molar refractivity (Wildman–Crippen MR) is 107 cm³/mol. The third-order valence-corrected chi connectivity index (χ3v) is 5.88. The molecular weight excluding hydrogens is 324 g/mol. The highest BCUT2D eigenvalue weighted by atomic mass is 16.3. The molecule has 2 N–H and O–H groups in total. The molecule has 0 aliphatic heterocycles. The molecule has 136 valence electrons. The molecule has 0 radical (unpaired) electrons. The van der Waals surface area contributed by atoms with Gasteiger partial charge in [0.2, 0.25) is 0 Å². The van der Waals surface area contributed by atoms with Crippen LogP contribution in [-0.2, 0) is 0 Å². The molecule has 1 fully saturated rings. The molecule has 2 aromatic rings. The number of aliphatic imine (C=N–C) groups is 2. The van der Waals surface area contributed by atoms with Crippen molar-refractivity contribution < 1.29 is 10.2 Å². The third kappa shape index (κ3) is 3.36. The van der Waals surface area contributed by atoms with E-state index in [1.54, 1.807) is 36.7 Å². The first-order valence-corrected chi connectivity index (χ1v) is 8.98. The zero-order chi connectivity index (χ0) is 18.8. The lowest BCUT2D eigenvalue weighted by atomic mass is 9.74. The molecule has 3 rings (SSSR count). The summed E-state index contributed by atoms with van der Waals surface area (Å²) in [5.41, 5.74) is 1.05. The van der Waals surface area contributed by atoms with Crippen LogP contribution in [-0.4, -0.2) is 34.2 Å². The van der Waals surface area contributed by atoms with Crippen molar-refractivity contribution in [3.8, 4) is 11.5 Å². The van der Waals surface area contributed by atoms with Crippen LogP contribution in [0, 0.1) is 5.41 Å². The van der Waals surface area contributed by atoms with E-state index in [0.717, 1.165) is 24.0 Å². The van der Waals surface area contributed by atoms with Gasteiger partial charge in [-0.05, 0) is 44.0 Å². The quantitative estimate of drug-likeness (QED) is 0.793. The number of benzene rings is 2. The van der Waals surface area contributed by atoms with Gasteiger partial charge in [-0.1, -0.05) is 38.1 Å². The Hall–Kier alpha value is -2.62. The number of phenols is 2. The minimum absolute atomic E-state index is 0.119. The molecule has 4 heteroatoms. The SMILES string of the molecule is CC1(C)[C@H](N=Cc2ccccc2O)CC[C@]1(C)N=Cc1ccccc1O. The van der Waals surface area contributed by atoms with Gasteiger partial charge in [-0.15, -0.1) is 0 Å². The van der Waals surface area contributed by atoms with Gasteiger partial charge in [0.15, 0.2) is 0 Å². The van der Waals surface area contributed by atoms with Gasteiger partial charge in [-0.3, -0.25) is 9.98 Å². The number of para-hydroxylation sites is 2. The highest BCUT2D eigenvalue weighted by Gasteiger charge is 2.51. The highest BCUT2D eigenvalue weighted by Crippen LogP contribution is 2.50. The van der Waals surface area contributed by atoms with Crippen molar-refractivity contribution in [3.63, 3.8) is 0 Å². The molecule has 2 aromatic carbocycles. The summed E-state index contributed by atoms with van der Waals surface area (Å²) < 4.78 is 0. The Bertz CT molecular complexity index is 842. The van der Waals surface area contributed by atoms with E-state index >= 15 is 0 Å². The minimum atomic E-state index is -0.268. The van der Waals surface area contributed by atoms with Gasteiger partial charge < -0.3 is 10.2 Å². The number of aromatic hydroxyl groups is 2. The smallest absolute Gasteiger partial charge is 0.124 e. The molecule has 0 saturated heterocycles. The van der Waals surface area contributed by atoms with Crippen LogP contribution in [0.3, 0.4) is 0 Å². The summed E-state index contributed by atoms with van der Waals surface area (Å²) in [7, 11) is 0. The van der Waals surface area contributed by atoms with Crippen molar-refractivity contribution in [2.45, 2.75) is 45.2 Å². The second-order valence-electron chi connectivity index (χ2n) is 7.70. The fraction of sp³-hybridized carbons (Fsp3) is 0.364. The monoisotopic (exact) mass is 350 g/mol. The van der Waals surface area contributed by atoms with Crippen LogP contribution in [0.4, 0.5) is 0 Å². The molecule has 0 bridgehead atoms. The van der Waals surface area contributed by atoms with Crippen LogP contribution in [0.1, 0.15) is 44.7 Å². The summed E-state index contributed by atoms with van der Waals surface area (Å²) in [5.74, 6) is 0.483.